The molecular formula is C14H11F4N3O. The molecule has 22 heavy (non-hydrogen) atoms. The SMILES string of the molecule is O=C1CCCc2[nH]nc(C(c3cccc(F)n3)C(F)(F)F)c21. The largest absolute Gasteiger partial charge is 0.402 e. The lowest BCUT2D eigenvalue weighted by Gasteiger charge is -2.20. The average molecular weight is 313 g/mol. The molecule has 2 aromatic heterocycles. The van der Waals surface area contributed by atoms with Crippen molar-refractivity contribution in [3.8, 4) is 0 Å². The standard InChI is InChI=1S/C14H11F4N3O/c15-10-6-2-4-8(19-10)12(14(16,17)18)13-11-7(20-21-13)3-1-5-9(11)22/h2,4,6,12H,1,3,5H2,(H,20,21). The van der Waals surface area contributed by atoms with Crippen molar-refractivity contribution in [1.29, 1.82) is 0 Å². The molecule has 0 spiro atoms. The maximum absolute atomic E-state index is 13.5. The van der Waals surface area contributed by atoms with E-state index in [0.717, 1.165) is 18.2 Å². The number of aromatic amines is 1. The topological polar surface area (TPSA) is 58.6 Å². The fourth-order valence-electron chi connectivity index (χ4n) is 2.69. The van der Waals surface area contributed by atoms with Gasteiger partial charge in [0.1, 0.15) is 5.92 Å². The minimum absolute atomic E-state index is 0.0281. The molecule has 1 aliphatic carbocycles. The average Bonchev–Trinajstić information content (AvgIpc) is 2.83. The van der Waals surface area contributed by atoms with Crippen LogP contribution in [0.5, 0.6) is 0 Å². The van der Waals surface area contributed by atoms with E-state index < -0.39 is 29.4 Å². The summed E-state index contributed by atoms with van der Waals surface area (Å²) in [5.74, 6) is -3.62. The number of hydrogen-bond acceptors (Lipinski definition) is 3. The Balaban J connectivity index is 2.16. The molecule has 4 nitrogen and oxygen atoms in total. The number of carbonyl (C=O) groups excluding carboxylic acids is 1. The van der Waals surface area contributed by atoms with Gasteiger partial charge in [-0.05, 0) is 25.0 Å². The first-order chi connectivity index (χ1) is 10.4. The zero-order valence-corrected chi connectivity index (χ0v) is 11.2. The molecule has 0 aromatic carbocycles. The van der Waals surface area contributed by atoms with Crippen LogP contribution in [0.25, 0.3) is 0 Å². The zero-order valence-electron chi connectivity index (χ0n) is 11.2. The molecule has 0 radical (unpaired) electrons. The van der Waals surface area contributed by atoms with Crippen molar-refractivity contribution in [1.82, 2.24) is 15.2 Å². The molecule has 8 heteroatoms. The lowest BCUT2D eigenvalue weighted by atomic mass is 9.88. The summed E-state index contributed by atoms with van der Waals surface area (Å²) in [5.41, 5.74) is -0.568. The normalized spacial score (nSPS) is 16.5. The van der Waals surface area contributed by atoms with Gasteiger partial charge in [-0.2, -0.15) is 22.7 Å². The van der Waals surface area contributed by atoms with Crippen LogP contribution in [0.1, 0.15) is 46.2 Å². The van der Waals surface area contributed by atoms with Gasteiger partial charge in [0, 0.05) is 12.1 Å². The van der Waals surface area contributed by atoms with Crippen LogP contribution in [0.15, 0.2) is 18.2 Å². The quantitative estimate of drug-likeness (QED) is 0.684. The van der Waals surface area contributed by atoms with Crippen molar-refractivity contribution < 1.29 is 22.4 Å². The number of Topliss-reactive ketones (excluding diaryl/α,β-unsaturated/α-hetero) is 1. The first-order valence-electron chi connectivity index (χ1n) is 6.67. The first kappa shape index (κ1) is 14.7. The smallest absolute Gasteiger partial charge is 0.294 e. The number of aryl methyl sites for hydroxylation is 1. The summed E-state index contributed by atoms with van der Waals surface area (Å²) < 4.78 is 53.6. The summed E-state index contributed by atoms with van der Waals surface area (Å²) >= 11 is 0. The first-order valence-corrected chi connectivity index (χ1v) is 6.67. The van der Waals surface area contributed by atoms with E-state index in [1.54, 1.807) is 0 Å². The number of hydrogen-bond donors (Lipinski definition) is 1. The van der Waals surface area contributed by atoms with E-state index in [2.05, 4.69) is 15.2 Å². The number of alkyl halides is 3. The van der Waals surface area contributed by atoms with Crippen molar-refractivity contribution in [2.24, 2.45) is 0 Å². The third kappa shape index (κ3) is 2.49. The number of carbonyl (C=O) groups is 1. The summed E-state index contributed by atoms with van der Waals surface area (Å²) in [6, 6.07) is 3.19. The molecule has 1 aliphatic rings. The summed E-state index contributed by atoms with van der Waals surface area (Å²) in [4.78, 5) is 15.3. The number of aromatic nitrogens is 3. The summed E-state index contributed by atoms with van der Waals surface area (Å²) in [5, 5.41) is 6.19. The van der Waals surface area contributed by atoms with Gasteiger partial charge in [0.05, 0.1) is 17.0 Å². The number of rotatable bonds is 2. The van der Waals surface area contributed by atoms with Crippen LogP contribution in [0.3, 0.4) is 0 Å². The number of halogens is 4. The van der Waals surface area contributed by atoms with Gasteiger partial charge in [0.25, 0.3) is 0 Å². The number of pyridine rings is 1. The van der Waals surface area contributed by atoms with Gasteiger partial charge in [-0.1, -0.05) is 6.07 Å². The highest BCUT2D eigenvalue weighted by Gasteiger charge is 2.47. The number of H-pyrrole nitrogens is 1. The fraction of sp³-hybridized carbons (Fsp3) is 0.357. The maximum Gasteiger partial charge on any atom is 0.402 e. The van der Waals surface area contributed by atoms with Gasteiger partial charge in [-0.3, -0.25) is 9.89 Å². The van der Waals surface area contributed by atoms with Gasteiger partial charge < -0.3 is 0 Å². The summed E-state index contributed by atoms with van der Waals surface area (Å²) in [6.07, 6.45) is -3.51. The van der Waals surface area contributed by atoms with Crippen LogP contribution in [-0.2, 0) is 6.42 Å². The molecule has 0 saturated carbocycles. The highest BCUT2D eigenvalue weighted by atomic mass is 19.4. The molecule has 1 N–H and O–H groups in total. The second-order valence-corrected chi connectivity index (χ2v) is 5.10. The van der Waals surface area contributed by atoms with Crippen LogP contribution in [0.2, 0.25) is 0 Å². The number of nitrogens with zero attached hydrogens (tertiary/aromatic N) is 2. The molecule has 2 aromatic rings. The predicted molar refractivity (Wildman–Crippen MR) is 67.9 cm³/mol. The van der Waals surface area contributed by atoms with Crippen LogP contribution in [-0.4, -0.2) is 27.1 Å². The van der Waals surface area contributed by atoms with Crippen LogP contribution in [0.4, 0.5) is 17.6 Å². The van der Waals surface area contributed by atoms with Gasteiger partial charge in [-0.15, -0.1) is 0 Å². The van der Waals surface area contributed by atoms with E-state index in [0.29, 0.717) is 18.5 Å². The second-order valence-electron chi connectivity index (χ2n) is 5.10. The predicted octanol–water partition coefficient (Wildman–Crippen LogP) is 3.16. The zero-order chi connectivity index (χ0) is 15.9. The van der Waals surface area contributed by atoms with Crippen LogP contribution in [0, 0.1) is 5.95 Å². The Morgan fingerprint density at radius 1 is 1.23 bits per heavy atom. The Labute approximate surface area is 122 Å². The van der Waals surface area contributed by atoms with E-state index in [9.17, 15) is 22.4 Å². The summed E-state index contributed by atoms with van der Waals surface area (Å²) in [6.45, 7) is 0. The molecule has 3 rings (SSSR count). The van der Waals surface area contributed by atoms with Crippen molar-refractivity contribution in [3.63, 3.8) is 0 Å². The van der Waals surface area contributed by atoms with E-state index >= 15 is 0 Å². The highest BCUT2D eigenvalue weighted by Crippen LogP contribution is 2.41. The molecule has 0 fully saturated rings. The van der Waals surface area contributed by atoms with E-state index in [1.165, 1.54) is 0 Å². The minimum Gasteiger partial charge on any atom is -0.294 e. The van der Waals surface area contributed by atoms with Gasteiger partial charge in [0.2, 0.25) is 5.95 Å². The van der Waals surface area contributed by atoms with E-state index in [1.807, 2.05) is 0 Å². The van der Waals surface area contributed by atoms with Gasteiger partial charge >= 0.3 is 6.18 Å². The molecule has 0 amide bonds. The van der Waals surface area contributed by atoms with Crippen molar-refractivity contribution >= 4 is 5.78 Å². The Kier molecular flexibility index (Phi) is 3.46. The third-order valence-electron chi connectivity index (χ3n) is 3.61. The molecule has 0 aliphatic heterocycles. The third-order valence-corrected chi connectivity index (χ3v) is 3.61. The van der Waals surface area contributed by atoms with E-state index in [-0.39, 0.29) is 17.8 Å². The van der Waals surface area contributed by atoms with Crippen molar-refractivity contribution in [2.75, 3.05) is 0 Å². The molecule has 0 saturated heterocycles. The lowest BCUT2D eigenvalue weighted by Crippen LogP contribution is -2.26. The molecule has 1 unspecified atom stereocenters. The molecule has 1 atom stereocenters. The monoisotopic (exact) mass is 313 g/mol. The van der Waals surface area contributed by atoms with E-state index in [4.69, 9.17) is 0 Å². The second kappa shape index (κ2) is 5.19. The number of fused-ring (bicyclic) bond motifs is 1. The van der Waals surface area contributed by atoms with Crippen molar-refractivity contribution in [2.45, 2.75) is 31.4 Å². The molecule has 0 bridgehead atoms. The van der Waals surface area contributed by atoms with Crippen LogP contribution < -0.4 is 0 Å². The fourth-order valence-corrected chi connectivity index (χ4v) is 2.69. The Hall–Kier alpha value is -2.25. The van der Waals surface area contributed by atoms with Gasteiger partial charge in [0.15, 0.2) is 5.78 Å². The van der Waals surface area contributed by atoms with Gasteiger partial charge in [-0.25, -0.2) is 4.98 Å². The lowest BCUT2D eigenvalue weighted by molar-refractivity contribution is -0.142. The number of nitrogens with one attached hydrogen (secondary N) is 1. The number of ketones is 1. The molecule has 116 valence electrons. The summed E-state index contributed by atoms with van der Waals surface area (Å²) in [7, 11) is 0. The van der Waals surface area contributed by atoms with Crippen LogP contribution >= 0.6 is 0 Å². The minimum atomic E-state index is -4.73. The Morgan fingerprint density at radius 2 is 2.00 bits per heavy atom. The molecular weight excluding hydrogens is 302 g/mol. The maximum atomic E-state index is 13.5. The molecule has 2 heterocycles. The highest BCUT2D eigenvalue weighted by molar-refractivity contribution is 5.99. The Bertz CT molecular complexity index is 723. The Morgan fingerprint density at radius 3 is 2.68 bits per heavy atom. The van der Waals surface area contributed by atoms with Crippen molar-refractivity contribution in [3.05, 3.63) is 46.8 Å².